The van der Waals surface area contributed by atoms with Gasteiger partial charge in [0.2, 0.25) is 0 Å². The summed E-state index contributed by atoms with van der Waals surface area (Å²) >= 11 is 1.62. The van der Waals surface area contributed by atoms with Gasteiger partial charge in [0.05, 0.1) is 13.1 Å². The quantitative estimate of drug-likeness (QED) is 0.360. The van der Waals surface area contributed by atoms with Crippen LogP contribution in [0.3, 0.4) is 0 Å². The lowest BCUT2D eigenvalue weighted by Gasteiger charge is -2.52. The molecule has 5 heterocycles. The molecule has 6 nitrogen and oxygen atoms in total. The zero-order valence-electron chi connectivity index (χ0n) is 21.7. The van der Waals surface area contributed by atoms with E-state index in [1.807, 2.05) is 24.4 Å². The molecule has 0 radical (unpaired) electrons. The predicted octanol–water partition coefficient (Wildman–Crippen LogP) is 1.41. The molecule has 4 saturated heterocycles. The summed E-state index contributed by atoms with van der Waals surface area (Å²) in [6, 6.07) is 10.2. The van der Waals surface area contributed by atoms with Crippen molar-refractivity contribution in [3.05, 3.63) is 52.5 Å². The second-order valence-corrected chi connectivity index (χ2v) is 11.9. The third kappa shape index (κ3) is 5.65. The fourth-order valence-electron chi connectivity index (χ4n) is 6.33. The highest BCUT2D eigenvalue weighted by molar-refractivity contribution is 7.10. The molecule has 6 rings (SSSR count). The highest BCUT2D eigenvalue weighted by Crippen LogP contribution is 2.40. The SMILES string of the molecule is CN(C(=O)C[N+]12CCC(CC1)[C@@H](OC(=O)C(C)(c1cccs1)N1CCCCC1)C2)c1cccc(F)c1.[Br-]. The highest BCUT2D eigenvalue weighted by Gasteiger charge is 2.51. The monoisotopic (exact) mass is 593 g/mol. The van der Waals surface area contributed by atoms with Crippen LogP contribution in [0.5, 0.6) is 0 Å². The first-order valence-corrected chi connectivity index (χ1v) is 14.1. The van der Waals surface area contributed by atoms with E-state index in [1.165, 1.54) is 18.6 Å². The first-order chi connectivity index (χ1) is 17.3. The molecule has 1 amide bonds. The van der Waals surface area contributed by atoms with E-state index < -0.39 is 5.54 Å². The normalized spacial score (nSPS) is 27.1. The molecule has 0 aliphatic carbocycles. The van der Waals surface area contributed by atoms with Crippen molar-refractivity contribution in [1.82, 2.24) is 4.90 Å². The van der Waals surface area contributed by atoms with Crippen molar-refractivity contribution in [1.29, 1.82) is 0 Å². The van der Waals surface area contributed by atoms with Gasteiger partial charge in [-0.15, -0.1) is 11.3 Å². The average Bonchev–Trinajstić information content (AvgIpc) is 3.44. The fourth-order valence-corrected chi connectivity index (χ4v) is 7.24. The smallest absolute Gasteiger partial charge is 0.332 e. The van der Waals surface area contributed by atoms with Gasteiger partial charge in [0.25, 0.3) is 5.91 Å². The van der Waals surface area contributed by atoms with Gasteiger partial charge in [-0.1, -0.05) is 18.6 Å². The number of amides is 1. The maximum Gasteiger partial charge on any atom is 0.332 e. The van der Waals surface area contributed by atoms with Crippen LogP contribution in [0.1, 0.15) is 43.9 Å². The number of esters is 1. The van der Waals surface area contributed by atoms with Gasteiger partial charge in [0, 0.05) is 36.4 Å². The molecule has 2 aromatic rings. The van der Waals surface area contributed by atoms with Crippen LogP contribution < -0.4 is 21.9 Å². The van der Waals surface area contributed by atoms with Crippen LogP contribution in [-0.2, 0) is 19.9 Å². The lowest BCUT2D eigenvalue weighted by molar-refractivity contribution is -0.939. The van der Waals surface area contributed by atoms with Gasteiger partial charge in [0.1, 0.15) is 12.4 Å². The number of hydrogen-bond acceptors (Lipinski definition) is 5. The zero-order chi connectivity index (χ0) is 25.3. The number of benzene rings is 1. The molecule has 37 heavy (non-hydrogen) atoms. The number of halogens is 2. The van der Waals surface area contributed by atoms with Crippen LogP contribution in [0.4, 0.5) is 10.1 Å². The molecule has 0 N–H and O–H groups in total. The number of likely N-dealkylation sites (tertiary alicyclic amines) is 1. The first-order valence-electron chi connectivity index (χ1n) is 13.2. The summed E-state index contributed by atoms with van der Waals surface area (Å²) in [6.07, 6.45) is 5.12. The number of carbonyl (C=O) groups excluding carboxylic acids is 2. The van der Waals surface area contributed by atoms with E-state index in [0.29, 0.717) is 29.2 Å². The Morgan fingerprint density at radius 1 is 1.16 bits per heavy atom. The average molecular weight is 595 g/mol. The molecule has 0 saturated carbocycles. The summed E-state index contributed by atoms with van der Waals surface area (Å²) in [7, 11) is 1.70. The zero-order valence-corrected chi connectivity index (χ0v) is 24.1. The van der Waals surface area contributed by atoms with Crippen molar-refractivity contribution in [2.45, 2.75) is 50.7 Å². The number of nitrogens with zero attached hydrogens (tertiary/aromatic N) is 3. The second-order valence-electron chi connectivity index (χ2n) is 10.9. The van der Waals surface area contributed by atoms with Crippen LogP contribution in [0.15, 0.2) is 41.8 Å². The van der Waals surface area contributed by atoms with E-state index >= 15 is 0 Å². The van der Waals surface area contributed by atoms with E-state index in [4.69, 9.17) is 4.74 Å². The lowest BCUT2D eigenvalue weighted by Crippen LogP contribution is -3.00. The Labute approximate surface area is 233 Å². The van der Waals surface area contributed by atoms with Crippen molar-refractivity contribution >= 4 is 28.9 Å². The number of ether oxygens (including phenoxy) is 1. The number of anilines is 1. The highest BCUT2D eigenvalue weighted by atomic mass is 79.9. The Balaban J connectivity index is 0.00000320. The summed E-state index contributed by atoms with van der Waals surface area (Å²) in [6.45, 7) is 6.65. The molecule has 4 aliphatic heterocycles. The maximum absolute atomic E-state index is 13.9. The second kappa shape index (κ2) is 11.5. The summed E-state index contributed by atoms with van der Waals surface area (Å²) in [4.78, 5) is 32.0. The minimum absolute atomic E-state index is 0. The minimum atomic E-state index is -0.779. The summed E-state index contributed by atoms with van der Waals surface area (Å²) < 4.78 is 20.7. The molecule has 2 bridgehead atoms. The molecule has 1 unspecified atom stereocenters. The molecular weight excluding hydrogens is 557 g/mol. The summed E-state index contributed by atoms with van der Waals surface area (Å²) in [5.41, 5.74) is -0.222. The first kappa shape index (κ1) is 28.2. The van der Waals surface area contributed by atoms with E-state index in [1.54, 1.807) is 35.4 Å². The Morgan fingerprint density at radius 2 is 1.89 bits per heavy atom. The van der Waals surface area contributed by atoms with Crippen LogP contribution in [0, 0.1) is 11.7 Å². The van der Waals surface area contributed by atoms with Gasteiger partial charge in [0.15, 0.2) is 18.2 Å². The lowest BCUT2D eigenvalue weighted by atomic mass is 9.83. The number of fused-ring (bicyclic) bond motifs is 3. The molecule has 0 spiro atoms. The Hall–Kier alpha value is -1.81. The minimum Gasteiger partial charge on any atom is -1.00 e. The molecule has 202 valence electrons. The molecule has 2 atom stereocenters. The predicted molar refractivity (Wildman–Crippen MR) is 139 cm³/mol. The van der Waals surface area contributed by atoms with Crippen molar-refractivity contribution in [3.63, 3.8) is 0 Å². The van der Waals surface area contributed by atoms with Gasteiger partial charge in [-0.3, -0.25) is 9.69 Å². The Kier molecular flexibility index (Phi) is 8.78. The van der Waals surface area contributed by atoms with E-state index in [-0.39, 0.29) is 40.8 Å². The number of likely N-dealkylation sites (N-methyl/N-ethyl adjacent to an activating group) is 1. The van der Waals surface area contributed by atoms with Gasteiger partial charge in [-0.2, -0.15) is 0 Å². The van der Waals surface area contributed by atoms with Crippen LogP contribution in [0.25, 0.3) is 0 Å². The van der Waals surface area contributed by atoms with E-state index in [0.717, 1.165) is 56.7 Å². The van der Waals surface area contributed by atoms with Crippen LogP contribution in [-0.4, -0.2) is 73.7 Å². The van der Waals surface area contributed by atoms with Crippen molar-refractivity contribution in [2.24, 2.45) is 5.92 Å². The molecule has 4 aliphatic rings. The topological polar surface area (TPSA) is 49.9 Å². The van der Waals surface area contributed by atoms with E-state index in [9.17, 15) is 14.0 Å². The maximum atomic E-state index is 13.9. The fraction of sp³-hybridized carbons (Fsp3) is 0.571. The van der Waals surface area contributed by atoms with Crippen LogP contribution in [0.2, 0.25) is 0 Å². The van der Waals surface area contributed by atoms with Crippen molar-refractivity contribution in [3.8, 4) is 0 Å². The number of carbonyl (C=O) groups is 2. The number of thiophene rings is 1. The largest absolute Gasteiger partial charge is 1.00 e. The number of piperidine rings is 4. The molecular formula is C28H37BrFN3O3S. The Bertz CT molecular complexity index is 1090. The number of rotatable bonds is 7. The number of quaternary nitrogens is 1. The van der Waals surface area contributed by atoms with E-state index in [2.05, 4.69) is 4.90 Å². The molecule has 1 aromatic heterocycles. The molecule has 9 heteroatoms. The van der Waals surface area contributed by atoms with Gasteiger partial charge >= 0.3 is 5.97 Å². The van der Waals surface area contributed by atoms with Gasteiger partial charge in [-0.05, 0) is 62.5 Å². The number of hydrogen-bond donors (Lipinski definition) is 0. The molecule has 4 fully saturated rings. The summed E-state index contributed by atoms with van der Waals surface area (Å²) in [5.74, 6) is -0.207. The Morgan fingerprint density at radius 3 is 2.54 bits per heavy atom. The standard InChI is InChI=1S/C28H37FN3O3S.BrH/c1-28(25-10-7-17-36-25,31-13-4-3-5-14-31)27(34)35-24-19-32(15-11-21(24)12-16-32)20-26(33)30(2)23-9-6-8-22(29)18-23;/h6-10,17-18,21,24H,3-5,11-16,19-20H2,1-2H3;1H/q+1;/p-1/t21?,24-,28?,32?;/m0./s1. The van der Waals surface area contributed by atoms with Gasteiger partial charge < -0.3 is 31.1 Å². The van der Waals surface area contributed by atoms with Crippen LogP contribution >= 0.6 is 11.3 Å². The third-order valence-corrected chi connectivity index (χ3v) is 9.81. The molecule has 1 aromatic carbocycles. The summed E-state index contributed by atoms with van der Waals surface area (Å²) in [5, 5.41) is 2.03. The third-order valence-electron chi connectivity index (χ3n) is 8.73. The van der Waals surface area contributed by atoms with Crippen molar-refractivity contribution in [2.75, 3.05) is 51.2 Å². The van der Waals surface area contributed by atoms with Gasteiger partial charge in [-0.25, -0.2) is 9.18 Å². The van der Waals surface area contributed by atoms with Crippen molar-refractivity contribution < 1.29 is 40.2 Å².